The van der Waals surface area contributed by atoms with Crippen molar-refractivity contribution in [2.24, 2.45) is 0 Å². The van der Waals surface area contributed by atoms with Crippen LogP contribution in [0.5, 0.6) is 0 Å². The summed E-state index contributed by atoms with van der Waals surface area (Å²) in [6, 6.07) is 6.53. The van der Waals surface area contributed by atoms with E-state index in [0.29, 0.717) is 43.2 Å². The first-order valence-electron chi connectivity index (χ1n) is 9.15. The van der Waals surface area contributed by atoms with Crippen molar-refractivity contribution in [3.8, 4) is 0 Å². The number of amides is 1. The van der Waals surface area contributed by atoms with Crippen molar-refractivity contribution in [3.05, 3.63) is 34.9 Å². The molecule has 2 heterocycles. The van der Waals surface area contributed by atoms with Crippen LogP contribution in [-0.2, 0) is 25.3 Å². The summed E-state index contributed by atoms with van der Waals surface area (Å²) in [5.74, 6) is -0.167. The van der Waals surface area contributed by atoms with Crippen LogP contribution < -0.4 is 0 Å². The highest BCUT2D eigenvalue weighted by Crippen LogP contribution is 2.23. The van der Waals surface area contributed by atoms with E-state index >= 15 is 0 Å². The van der Waals surface area contributed by atoms with E-state index in [0.717, 1.165) is 13.1 Å². The lowest BCUT2D eigenvalue weighted by atomic mass is 10.1. The number of carbonyl (C=O) groups is 1. The average Bonchev–Trinajstić information content (AvgIpc) is 2.87. The first kappa shape index (κ1) is 20.5. The normalized spacial score (nSPS) is 22.5. The number of sulfonamides is 1. The zero-order valence-corrected chi connectivity index (χ0v) is 17.1. The first-order valence-corrected chi connectivity index (χ1v) is 11.1. The van der Waals surface area contributed by atoms with Gasteiger partial charge >= 0.3 is 0 Å². The molecule has 150 valence electrons. The van der Waals surface area contributed by atoms with Crippen LogP contribution >= 0.6 is 11.6 Å². The van der Waals surface area contributed by atoms with Gasteiger partial charge in [-0.2, -0.15) is 4.31 Å². The maximum Gasteiger partial charge on any atom is 0.241 e. The number of nitrogens with zero attached hydrogens (tertiary/aromatic N) is 3. The molecular weight excluding hydrogens is 390 g/mol. The van der Waals surface area contributed by atoms with Gasteiger partial charge in [0.1, 0.15) is 6.04 Å². The predicted octanol–water partition coefficient (Wildman–Crippen LogP) is 1.03. The predicted molar refractivity (Wildman–Crippen MR) is 104 cm³/mol. The summed E-state index contributed by atoms with van der Waals surface area (Å²) in [5, 5.41) is 0.442. The quantitative estimate of drug-likeness (QED) is 0.694. The highest BCUT2D eigenvalue weighted by molar-refractivity contribution is 7.88. The largest absolute Gasteiger partial charge is 0.383 e. The second kappa shape index (κ2) is 8.87. The monoisotopic (exact) mass is 415 g/mol. The van der Waals surface area contributed by atoms with E-state index in [9.17, 15) is 13.2 Å². The maximum atomic E-state index is 13.0. The lowest BCUT2D eigenvalue weighted by Crippen LogP contribution is -2.60. The van der Waals surface area contributed by atoms with Gasteiger partial charge in [0.2, 0.25) is 15.9 Å². The van der Waals surface area contributed by atoms with Crippen molar-refractivity contribution in [3.63, 3.8) is 0 Å². The summed E-state index contributed by atoms with van der Waals surface area (Å²) in [6.45, 7) is 3.77. The van der Waals surface area contributed by atoms with Gasteiger partial charge < -0.3 is 9.64 Å². The number of ether oxygens (including phenoxy) is 1. The molecule has 2 aliphatic heterocycles. The van der Waals surface area contributed by atoms with Gasteiger partial charge in [-0.25, -0.2) is 8.42 Å². The highest BCUT2D eigenvalue weighted by Gasteiger charge is 2.39. The first-order chi connectivity index (χ1) is 12.9. The van der Waals surface area contributed by atoms with Crippen molar-refractivity contribution in [2.45, 2.75) is 18.2 Å². The summed E-state index contributed by atoms with van der Waals surface area (Å²) < 4.78 is 32.5. The van der Waals surface area contributed by atoms with Gasteiger partial charge in [0, 0.05) is 51.4 Å². The van der Waals surface area contributed by atoms with Crippen LogP contribution in [0, 0.1) is 0 Å². The van der Waals surface area contributed by atoms with Gasteiger partial charge in [0.15, 0.2) is 0 Å². The maximum absolute atomic E-state index is 13.0. The van der Waals surface area contributed by atoms with Gasteiger partial charge in [0.05, 0.1) is 12.4 Å². The molecule has 0 spiro atoms. The van der Waals surface area contributed by atoms with Crippen LogP contribution in [0.3, 0.4) is 0 Å². The number of rotatable bonds is 6. The van der Waals surface area contributed by atoms with Crippen molar-refractivity contribution in [1.29, 1.82) is 0 Å². The minimum Gasteiger partial charge on any atom is -0.383 e. The fourth-order valence-corrected chi connectivity index (χ4v) is 5.54. The molecule has 1 unspecified atom stereocenters. The van der Waals surface area contributed by atoms with Crippen molar-refractivity contribution >= 4 is 27.5 Å². The van der Waals surface area contributed by atoms with E-state index in [1.165, 1.54) is 4.31 Å². The number of halogens is 1. The number of hydrogen-bond donors (Lipinski definition) is 0. The van der Waals surface area contributed by atoms with E-state index in [2.05, 4.69) is 4.90 Å². The van der Waals surface area contributed by atoms with Crippen LogP contribution in [-0.4, -0.2) is 87.5 Å². The van der Waals surface area contributed by atoms with Crippen LogP contribution in [0.1, 0.15) is 12.0 Å². The molecule has 0 N–H and O–H groups in total. The molecule has 1 amide bonds. The Bertz CT molecular complexity index is 774. The van der Waals surface area contributed by atoms with Crippen molar-refractivity contribution < 1.29 is 17.9 Å². The summed E-state index contributed by atoms with van der Waals surface area (Å²) >= 11 is 6.14. The fourth-order valence-electron chi connectivity index (χ4n) is 3.66. The molecule has 3 rings (SSSR count). The summed E-state index contributed by atoms with van der Waals surface area (Å²) in [4.78, 5) is 16.8. The summed E-state index contributed by atoms with van der Waals surface area (Å²) in [6.07, 6.45) is 0.712. The fraction of sp³-hybridized carbons (Fsp3) is 0.611. The molecule has 7 nitrogen and oxygen atoms in total. The van der Waals surface area contributed by atoms with E-state index in [1.54, 1.807) is 36.3 Å². The number of methoxy groups -OCH3 is 1. The molecule has 9 heteroatoms. The number of benzene rings is 1. The molecule has 0 bridgehead atoms. The number of piperazine rings is 1. The third-order valence-electron chi connectivity index (χ3n) is 5.18. The lowest BCUT2D eigenvalue weighted by molar-refractivity contribution is -0.142. The van der Waals surface area contributed by atoms with Gasteiger partial charge in [-0.3, -0.25) is 9.69 Å². The Balaban J connectivity index is 1.75. The molecule has 0 saturated carbocycles. The Morgan fingerprint density at radius 1 is 1.19 bits per heavy atom. The third kappa shape index (κ3) is 4.81. The Labute approximate surface area is 165 Å². The van der Waals surface area contributed by atoms with E-state index in [4.69, 9.17) is 16.3 Å². The average molecular weight is 416 g/mol. The Morgan fingerprint density at radius 3 is 2.70 bits per heavy atom. The Morgan fingerprint density at radius 2 is 1.96 bits per heavy atom. The van der Waals surface area contributed by atoms with Crippen molar-refractivity contribution in [2.75, 3.05) is 53.0 Å². The van der Waals surface area contributed by atoms with Gasteiger partial charge in [-0.1, -0.05) is 29.8 Å². The zero-order chi connectivity index (χ0) is 19.4. The number of fused-ring (bicyclic) bond motifs is 1. The minimum atomic E-state index is -3.56. The van der Waals surface area contributed by atoms with E-state index in [1.807, 2.05) is 0 Å². The van der Waals surface area contributed by atoms with Crippen LogP contribution in [0.2, 0.25) is 5.02 Å². The summed E-state index contributed by atoms with van der Waals surface area (Å²) in [5.41, 5.74) is 0.581. The van der Waals surface area contributed by atoms with E-state index in [-0.39, 0.29) is 18.2 Å². The van der Waals surface area contributed by atoms with Crippen LogP contribution in [0.25, 0.3) is 0 Å². The third-order valence-corrected chi connectivity index (χ3v) is 7.34. The van der Waals surface area contributed by atoms with Gasteiger partial charge in [-0.15, -0.1) is 0 Å². The SMILES string of the molecule is COCCN1CCN2CCCN(S(=O)(=O)Cc3ccccc3Cl)CC2C1=O. The molecule has 2 aliphatic rings. The number of carbonyl (C=O) groups excluding carboxylic acids is 1. The molecule has 2 saturated heterocycles. The zero-order valence-electron chi connectivity index (χ0n) is 15.5. The molecule has 2 fully saturated rings. The molecule has 0 aromatic heterocycles. The van der Waals surface area contributed by atoms with Crippen LogP contribution in [0.15, 0.2) is 24.3 Å². The number of hydrogen-bond acceptors (Lipinski definition) is 5. The van der Waals surface area contributed by atoms with Gasteiger partial charge in [0.25, 0.3) is 0 Å². The molecule has 1 aromatic rings. The molecule has 1 aromatic carbocycles. The Kier molecular flexibility index (Phi) is 6.75. The minimum absolute atomic E-state index is 0.0156. The van der Waals surface area contributed by atoms with E-state index < -0.39 is 16.1 Å². The second-order valence-corrected chi connectivity index (χ2v) is 9.31. The standard InChI is InChI=1S/C18H26ClN3O4S/c1-26-12-11-21-10-9-20-7-4-8-22(13-17(20)18(21)23)27(24,25)14-15-5-2-3-6-16(15)19/h2-3,5-6,17H,4,7-14H2,1H3. The molecule has 1 atom stereocenters. The van der Waals surface area contributed by atoms with Crippen LogP contribution in [0.4, 0.5) is 0 Å². The smallest absolute Gasteiger partial charge is 0.241 e. The Hall–Kier alpha value is -1.19. The molecule has 0 aliphatic carbocycles. The topological polar surface area (TPSA) is 70.2 Å². The molecular formula is C18H26ClN3O4S. The van der Waals surface area contributed by atoms with Gasteiger partial charge in [-0.05, 0) is 18.1 Å². The van der Waals surface area contributed by atoms with Crippen molar-refractivity contribution in [1.82, 2.24) is 14.1 Å². The molecule has 0 radical (unpaired) electrons. The lowest BCUT2D eigenvalue weighted by Gasteiger charge is -2.40. The second-order valence-electron chi connectivity index (χ2n) is 6.93. The summed E-state index contributed by atoms with van der Waals surface area (Å²) in [7, 11) is -1.96. The molecule has 27 heavy (non-hydrogen) atoms. The highest BCUT2D eigenvalue weighted by atomic mass is 35.5.